The maximum absolute atomic E-state index is 12.5. The molecule has 0 unspecified atom stereocenters. The van der Waals surface area contributed by atoms with E-state index in [0.717, 1.165) is 16.7 Å². The highest BCUT2D eigenvalue weighted by atomic mass is 32.2. The molecule has 3 rings (SSSR count). The van der Waals surface area contributed by atoms with Gasteiger partial charge in [0.05, 0.1) is 16.9 Å². The summed E-state index contributed by atoms with van der Waals surface area (Å²) < 4.78 is 10.8. The summed E-state index contributed by atoms with van der Waals surface area (Å²) in [6, 6.07) is 3.36. The Morgan fingerprint density at radius 2 is 1.96 bits per heavy atom. The summed E-state index contributed by atoms with van der Waals surface area (Å²) >= 11 is 5.91. The zero-order valence-electron chi connectivity index (χ0n) is 13.1. The average molecular weight is 393 g/mol. The summed E-state index contributed by atoms with van der Waals surface area (Å²) in [5, 5.41) is 22.0. The van der Waals surface area contributed by atoms with Crippen LogP contribution in [-0.2, 0) is 14.4 Å². The first-order chi connectivity index (χ1) is 12.4. The third-order valence-corrected chi connectivity index (χ3v) is 4.96. The first kappa shape index (κ1) is 18.2. The molecule has 1 atom stereocenters. The van der Waals surface area contributed by atoms with Crippen molar-refractivity contribution in [3.8, 4) is 11.5 Å². The van der Waals surface area contributed by atoms with Gasteiger partial charge >= 0.3 is 0 Å². The number of carbonyl (C=O) groups is 3. The van der Waals surface area contributed by atoms with Gasteiger partial charge in [-0.25, -0.2) is 0 Å². The minimum atomic E-state index is -1.72. The lowest BCUT2D eigenvalue weighted by molar-refractivity contribution is -0.319. The second-order valence-corrected chi connectivity index (χ2v) is 7.04. The molecule has 0 spiro atoms. The molecule has 2 heterocycles. The smallest absolute Gasteiger partial charge is 0.266 e. The van der Waals surface area contributed by atoms with Crippen LogP contribution in [0.3, 0.4) is 0 Å². The number of carboxylic acid groups (broad SMARTS) is 2. The number of carboxylic acids is 2. The molecular formula is C16H11NO7S2-2. The van der Waals surface area contributed by atoms with Crippen LogP contribution in [0.25, 0.3) is 6.08 Å². The molecule has 0 saturated carbocycles. The molecule has 2 aliphatic heterocycles. The highest BCUT2D eigenvalue weighted by molar-refractivity contribution is 8.26. The van der Waals surface area contributed by atoms with Crippen LogP contribution in [0.4, 0.5) is 0 Å². The molecule has 0 aromatic heterocycles. The Morgan fingerprint density at radius 1 is 1.27 bits per heavy atom. The van der Waals surface area contributed by atoms with Crippen LogP contribution in [0.1, 0.15) is 12.0 Å². The molecular weight excluding hydrogens is 382 g/mol. The van der Waals surface area contributed by atoms with Crippen LogP contribution in [0.2, 0.25) is 0 Å². The Balaban J connectivity index is 1.87. The highest BCUT2D eigenvalue weighted by Gasteiger charge is 2.37. The number of benzene rings is 1. The number of nitrogens with zero attached hydrogens (tertiary/aromatic N) is 1. The number of thioether (sulfide) groups is 1. The Morgan fingerprint density at radius 3 is 2.62 bits per heavy atom. The monoisotopic (exact) mass is 393 g/mol. The number of aliphatic carboxylic acids is 2. The molecule has 8 nitrogen and oxygen atoms in total. The molecule has 1 fully saturated rings. The van der Waals surface area contributed by atoms with Crippen molar-refractivity contribution in [3.05, 3.63) is 28.7 Å². The van der Waals surface area contributed by atoms with Crippen molar-refractivity contribution >= 4 is 52.2 Å². The number of hydrogen-bond acceptors (Lipinski definition) is 9. The van der Waals surface area contributed by atoms with Gasteiger partial charge in [0, 0.05) is 12.4 Å². The number of ether oxygens (including phenoxy) is 2. The number of hydrogen-bond donors (Lipinski definition) is 0. The van der Waals surface area contributed by atoms with Crippen molar-refractivity contribution in [2.45, 2.75) is 12.5 Å². The second kappa shape index (κ2) is 7.34. The Kier molecular flexibility index (Phi) is 5.14. The molecule has 26 heavy (non-hydrogen) atoms. The van der Waals surface area contributed by atoms with E-state index in [0.29, 0.717) is 30.3 Å². The van der Waals surface area contributed by atoms with E-state index in [-0.39, 0.29) is 9.23 Å². The van der Waals surface area contributed by atoms with E-state index < -0.39 is 30.3 Å². The summed E-state index contributed by atoms with van der Waals surface area (Å²) in [7, 11) is 0. The molecule has 1 aromatic rings. The first-order valence-electron chi connectivity index (χ1n) is 7.44. The minimum Gasteiger partial charge on any atom is -0.550 e. The van der Waals surface area contributed by atoms with Crippen LogP contribution in [0.15, 0.2) is 23.1 Å². The van der Waals surface area contributed by atoms with Crippen LogP contribution in [-0.4, -0.2) is 46.3 Å². The van der Waals surface area contributed by atoms with Crippen molar-refractivity contribution < 1.29 is 34.1 Å². The molecule has 136 valence electrons. The number of amides is 1. The number of fused-ring (bicyclic) bond motifs is 1. The fourth-order valence-corrected chi connectivity index (χ4v) is 3.84. The van der Waals surface area contributed by atoms with Gasteiger partial charge in [0.1, 0.15) is 17.5 Å². The Labute approximate surface area is 157 Å². The van der Waals surface area contributed by atoms with Crippen molar-refractivity contribution in [3.63, 3.8) is 0 Å². The van der Waals surface area contributed by atoms with E-state index in [2.05, 4.69) is 0 Å². The average Bonchev–Trinajstić information content (AvgIpc) is 2.86. The topological polar surface area (TPSA) is 119 Å². The molecule has 0 radical (unpaired) electrons. The fourth-order valence-electron chi connectivity index (χ4n) is 2.49. The fraction of sp³-hybridized carbons (Fsp3) is 0.250. The molecule has 2 aliphatic rings. The van der Waals surface area contributed by atoms with Crippen LogP contribution < -0.4 is 19.7 Å². The van der Waals surface area contributed by atoms with E-state index in [1.807, 2.05) is 0 Å². The summed E-state index contributed by atoms with van der Waals surface area (Å²) in [6.07, 6.45) is 0.606. The van der Waals surface area contributed by atoms with E-state index in [1.165, 1.54) is 6.08 Å². The zero-order chi connectivity index (χ0) is 18.8. The Hall–Kier alpha value is -2.59. The van der Waals surface area contributed by atoms with E-state index in [4.69, 9.17) is 21.7 Å². The van der Waals surface area contributed by atoms with Gasteiger partial charge in [-0.1, -0.05) is 30.0 Å². The molecule has 0 bridgehead atoms. The van der Waals surface area contributed by atoms with Crippen molar-refractivity contribution in [2.24, 2.45) is 0 Å². The molecule has 0 aliphatic carbocycles. The Bertz CT molecular complexity index is 836. The number of thiocarbonyl (C=S) groups is 1. The summed E-state index contributed by atoms with van der Waals surface area (Å²) in [5.41, 5.74) is 0.625. The van der Waals surface area contributed by atoms with Crippen molar-refractivity contribution in [2.75, 3.05) is 13.2 Å². The quantitative estimate of drug-likeness (QED) is 0.454. The largest absolute Gasteiger partial charge is 0.550 e. The SMILES string of the molecule is O=C([O-])C[C@@H](C(=O)[O-])N1C(=O)/C(=C/c2ccc3c(c2)OCCO3)SC1=S. The highest BCUT2D eigenvalue weighted by Crippen LogP contribution is 2.36. The van der Waals surface area contributed by atoms with Gasteiger partial charge in [-0.3, -0.25) is 9.69 Å². The van der Waals surface area contributed by atoms with Gasteiger partial charge in [-0.2, -0.15) is 0 Å². The number of carbonyl (C=O) groups excluding carboxylic acids is 3. The molecule has 1 saturated heterocycles. The summed E-state index contributed by atoms with van der Waals surface area (Å²) in [4.78, 5) is 35.4. The minimum absolute atomic E-state index is 0.0609. The first-order valence-corrected chi connectivity index (χ1v) is 8.66. The molecule has 1 aromatic carbocycles. The van der Waals surface area contributed by atoms with Gasteiger partial charge < -0.3 is 29.3 Å². The summed E-state index contributed by atoms with van der Waals surface area (Å²) in [5.74, 6) is -2.92. The zero-order valence-corrected chi connectivity index (χ0v) is 14.8. The maximum Gasteiger partial charge on any atom is 0.266 e. The molecule has 0 N–H and O–H groups in total. The van der Waals surface area contributed by atoms with Crippen molar-refractivity contribution in [1.82, 2.24) is 4.90 Å². The third kappa shape index (κ3) is 3.65. The molecule has 10 heteroatoms. The van der Waals surface area contributed by atoms with Crippen molar-refractivity contribution in [1.29, 1.82) is 0 Å². The van der Waals surface area contributed by atoms with Gasteiger partial charge in [0.25, 0.3) is 5.91 Å². The maximum atomic E-state index is 12.5. The van der Waals surface area contributed by atoms with Gasteiger partial charge in [0.15, 0.2) is 11.5 Å². The third-order valence-electron chi connectivity index (χ3n) is 3.63. The number of rotatable bonds is 5. The standard InChI is InChI=1S/C16H13NO7S2/c18-13(19)7-9(15(21)22)17-14(20)12(26-16(17)25)6-8-1-2-10-11(5-8)24-4-3-23-10/h1-2,5-6,9H,3-4,7H2,(H,18,19)(H,21,22)/p-2/b12-6-/t9-/m0/s1. The normalized spacial score (nSPS) is 18.9. The van der Waals surface area contributed by atoms with Crippen LogP contribution in [0, 0.1) is 0 Å². The lowest BCUT2D eigenvalue weighted by Crippen LogP contribution is -2.52. The van der Waals surface area contributed by atoms with Gasteiger partial charge in [0.2, 0.25) is 0 Å². The van der Waals surface area contributed by atoms with E-state index in [9.17, 15) is 24.6 Å². The molecule has 1 amide bonds. The van der Waals surface area contributed by atoms with Crippen LogP contribution in [0.5, 0.6) is 11.5 Å². The van der Waals surface area contributed by atoms with Crippen LogP contribution >= 0.6 is 24.0 Å². The summed E-state index contributed by atoms with van der Waals surface area (Å²) in [6.45, 7) is 0.864. The van der Waals surface area contributed by atoms with Gasteiger partial charge in [-0.05, 0) is 23.8 Å². The van der Waals surface area contributed by atoms with Gasteiger partial charge in [-0.15, -0.1) is 0 Å². The lowest BCUT2D eigenvalue weighted by atomic mass is 10.1. The lowest BCUT2D eigenvalue weighted by Gasteiger charge is -2.27. The predicted octanol–water partition coefficient (Wildman–Crippen LogP) is -1.08. The predicted molar refractivity (Wildman–Crippen MR) is 90.9 cm³/mol. The van der Waals surface area contributed by atoms with E-state index in [1.54, 1.807) is 18.2 Å². The second-order valence-electron chi connectivity index (χ2n) is 5.37. The van der Waals surface area contributed by atoms with E-state index >= 15 is 0 Å².